The molecule has 1 N–H and O–H groups in total. The highest BCUT2D eigenvalue weighted by atomic mass is 32.1. The average Bonchev–Trinajstić information content (AvgIpc) is 3.33. The minimum Gasteiger partial charge on any atom is -0.368 e. The summed E-state index contributed by atoms with van der Waals surface area (Å²) < 4.78 is 5.96. The summed E-state index contributed by atoms with van der Waals surface area (Å²) in [5, 5.41) is 4.86. The first-order valence-electron chi connectivity index (χ1n) is 7.62. The number of ether oxygens (including phenoxy) is 1. The smallest absolute Gasteiger partial charge is 0.125 e. The quantitative estimate of drug-likeness (QED) is 0.897. The fourth-order valence-corrected chi connectivity index (χ4v) is 4.09. The summed E-state index contributed by atoms with van der Waals surface area (Å²) >= 11 is 1.90. The van der Waals surface area contributed by atoms with Crippen molar-refractivity contribution in [3.63, 3.8) is 0 Å². The predicted octanol–water partition coefficient (Wildman–Crippen LogP) is 3.30. The second kappa shape index (κ2) is 4.54. The van der Waals surface area contributed by atoms with E-state index in [-0.39, 0.29) is 5.60 Å². The maximum Gasteiger partial charge on any atom is 0.125 e. The van der Waals surface area contributed by atoms with E-state index in [1.165, 1.54) is 47.7 Å². The van der Waals surface area contributed by atoms with Crippen LogP contribution in [-0.2, 0) is 16.9 Å². The van der Waals surface area contributed by atoms with Gasteiger partial charge in [0.15, 0.2) is 0 Å². The van der Waals surface area contributed by atoms with Crippen molar-refractivity contribution in [1.29, 1.82) is 0 Å². The Balaban J connectivity index is 1.58. The predicted molar refractivity (Wildman–Crippen MR) is 76.5 cm³/mol. The summed E-state index contributed by atoms with van der Waals surface area (Å²) in [4.78, 5) is 6.45. The Hall–Kier alpha value is -0.450. The Labute approximate surface area is 118 Å². The van der Waals surface area contributed by atoms with Crippen LogP contribution >= 0.6 is 11.3 Å². The van der Waals surface area contributed by atoms with Crippen LogP contribution in [0.4, 0.5) is 0 Å². The summed E-state index contributed by atoms with van der Waals surface area (Å²) in [6.45, 7) is 4.13. The number of nitrogens with zero attached hydrogens (tertiary/aromatic N) is 1. The lowest BCUT2D eigenvalue weighted by Gasteiger charge is -2.19. The van der Waals surface area contributed by atoms with Gasteiger partial charge >= 0.3 is 0 Å². The van der Waals surface area contributed by atoms with Crippen molar-refractivity contribution in [1.82, 2.24) is 10.3 Å². The number of rotatable bonds is 5. The molecule has 1 atom stereocenters. The first kappa shape index (κ1) is 12.3. The molecule has 0 radical (unpaired) electrons. The third kappa shape index (κ3) is 2.46. The van der Waals surface area contributed by atoms with Crippen molar-refractivity contribution >= 4 is 11.3 Å². The molecule has 3 aliphatic rings. The molecule has 2 heterocycles. The highest BCUT2D eigenvalue weighted by molar-refractivity contribution is 7.11. The Morgan fingerprint density at radius 2 is 2.21 bits per heavy atom. The zero-order valence-electron chi connectivity index (χ0n) is 11.6. The van der Waals surface area contributed by atoms with Gasteiger partial charge in [-0.3, -0.25) is 0 Å². The lowest BCUT2D eigenvalue weighted by molar-refractivity contribution is 0.0165. The van der Waals surface area contributed by atoms with Crippen LogP contribution in [0, 0.1) is 0 Å². The van der Waals surface area contributed by atoms with E-state index >= 15 is 0 Å². The van der Waals surface area contributed by atoms with E-state index in [1.807, 2.05) is 11.3 Å². The SMILES string of the molecule is CC1(c2nc(C3CC3)c(CNC3CC3)s2)CCCO1. The third-order valence-electron chi connectivity index (χ3n) is 4.49. The van der Waals surface area contributed by atoms with Crippen molar-refractivity contribution in [3.05, 3.63) is 15.6 Å². The number of hydrogen-bond donors (Lipinski definition) is 1. The van der Waals surface area contributed by atoms with Gasteiger partial charge in [-0.25, -0.2) is 4.98 Å². The van der Waals surface area contributed by atoms with Crippen molar-refractivity contribution in [3.8, 4) is 0 Å². The van der Waals surface area contributed by atoms with E-state index in [0.717, 1.165) is 31.5 Å². The molecule has 4 rings (SSSR count). The molecule has 1 aliphatic heterocycles. The number of thiazole rings is 1. The molecule has 3 fully saturated rings. The molecule has 19 heavy (non-hydrogen) atoms. The van der Waals surface area contributed by atoms with Crippen LogP contribution in [0.25, 0.3) is 0 Å². The van der Waals surface area contributed by atoms with Gasteiger partial charge < -0.3 is 10.1 Å². The molecule has 4 heteroatoms. The highest BCUT2D eigenvalue weighted by Crippen LogP contribution is 2.46. The minimum absolute atomic E-state index is 0.105. The first-order chi connectivity index (χ1) is 9.24. The van der Waals surface area contributed by atoms with Crippen LogP contribution in [0.3, 0.4) is 0 Å². The molecule has 0 aromatic carbocycles. The van der Waals surface area contributed by atoms with Crippen molar-refractivity contribution in [2.45, 2.75) is 69.6 Å². The zero-order valence-corrected chi connectivity index (χ0v) is 12.4. The lowest BCUT2D eigenvalue weighted by Crippen LogP contribution is -2.19. The van der Waals surface area contributed by atoms with E-state index in [1.54, 1.807) is 0 Å². The summed E-state index contributed by atoms with van der Waals surface area (Å²) in [5.41, 5.74) is 1.27. The molecule has 2 aliphatic carbocycles. The summed E-state index contributed by atoms with van der Waals surface area (Å²) in [7, 11) is 0. The Morgan fingerprint density at radius 1 is 1.37 bits per heavy atom. The molecule has 3 nitrogen and oxygen atoms in total. The Bertz CT molecular complexity index is 470. The van der Waals surface area contributed by atoms with Gasteiger partial charge in [-0.15, -0.1) is 11.3 Å². The maximum absolute atomic E-state index is 5.96. The van der Waals surface area contributed by atoms with Gasteiger partial charge in [0, 0.05) is 30.0 Å². The molecule has 1 unspecified atom stereocenters. The molecule has 104 valence electrons. The van der Waals surface area contributed by atoms with Crippen molar-refractivity contribution < 1.29 is 4.74 Å². The molecule has 2 saturated carbocycles. The molecule has 1 saturated heterocycles. The second-order valence-corrected chi connectivity index (χ2v) is 7.52. The normalized spacial score (nSPS) is 31.0. The zero-order chi connectivity index (χ0) is 12.9. The summed E-state index contributed by atoms with van der Waals surface area (Å²) in [5.74, 6) is 0.742. The van der Waals surface area contributed by atoms with Gasteiger partial charge in [0.1, 0.15) is 10.6 Å². The van der Waals surface area contributed by atoms with Gasteiger partial charge in [-0.2, -0.15) is 0 Å². The van der Waals surface area contributed by atoms with Crippen LogP contribution in [0.5, 0.6) is 0 Å². The first-order valence-corrected chi connectivity index (χ1v) is 8.44. The fraction of sp³-hybridized carbons (Fsp3) is 0.800. The van der Waals surface area contributed by atoms with Crippen molar-refractivity contribution in [2.75, 3.05) is 6.61 Å². The van der Waals surface area contributed by atoms with Crippen LogP contribution < -0.4 is 5.32 Å². The Morgan fingerprint density at radius 3 is 2.84 bits per heavy atom. The van der Waals surface area contributed by atoms with Crippen LogP contribution in [0.15, 0.2) is 0 Å². The van der Waals surface area contributed by atoms with E-state index < -0.39 is 0 Å². The molecular formula is C15H22N2OS. The van der Waals surface area contributed by atoms with Gasteiger partial charge in [0.05, 0.1) is 5.69 Å². The van der Waals surface area contributed by atoms with Crippen LogP contribution in [0.1, 0.15) is 66.9 Å². The average molecular weight is 278 g/mol. The molecule has 0 amide bonds. The number of nitrogens with one attached hydrogen (secondary N) is 1. The monoisotopic (exact) mass is 278 g/mol. The van der Waals surface area contributed by atoms with Gasteiger partial charge in [-0.1, -0.05) is 0 Å². The van der Waals surface area contributed by atoms with E-state index in [4.69, 9.17) is 9.72 Å². The van der Waals surface area contributed by atoms with E-state index in [9.17, 15) is 0 Å². The summed E-state index contributed by atoms with van der Waals surface area (Å²) in [6.07, 6.45) is 7.66. The minimum atomic E-state index is -0.105. The number of aromatic nitrogens is 1. The Kier molecular flexibility index (Phi) is 2.94. The standard InChI is InChI=1S/C15H22N2OS/c1-15(7-2-8-18-15)14-17-13(10-3-4-10)12(19-14)9-16-11-5-6-11/h10-11,16H,2-9H2,1H3. The fourth-order valence-electron chi connectivity index (χ4n) is 2.86. The lowest BCUT2D eigenvalue weighted by atomic mass is 10.0. The van der Waals surface area contributed by atoms with Gasteiger partial charge in [-0.05, 0) is 45.4 Å². The third-order valence-corrected chi connectivity index (χ3v) is 5.81. The largest absolute Gasteiger partial charge is 0.368 e. The molecule has 1 aromatic rings. The van der Waals surface area contributed by atoms with E-state index in [0.29, 0.717) is 0 Å². The highest BCUT2D eigenvalue weighted by Gasteiger charge is 2.38. The second-order valence-electron chi connectivity index (χ2n) is 6.44. The number of hydrogen-bond acceptors (Lipinski definition) is 4. The van der Waals surface area contributed by atoms with Gasteiger partial charge in [0.25, 0.3) is 0 Å². The van der Waals surface area contributed by atoms with Crippen LogP contribution in [0.2, 0.25) is 0 Å². The topological polar surface area (TPSA) is 34.2 Å². The molecule has 0 spiro atoms. The van der Waals surface area contributed by atoms with E-state index in [2.05, 4.69) is 12.2 Å². The van der Waals surface area contributed by atoms with Crippen molar-refractivity contribution in [2.24, 2.45) is 0 Å². The molecule has 1 aromatic heterocycles. The van der Waals surface area contributed by atoms with Gasteiger partial charge in [0.2, 0.25) is 0 Å². The molecule has 0 bridgehead atoms. The summed E-state index contributed by atoms with van der Waals surface area (Å²) in [6, 6.07) is 0.774. The maximum atomic E-state index is 5.96. The molecular weight excluding hydrogens is 256 g/mol. The van der Waals surface area contributed by atoms with Crippen LogP contribution in [-0.4, -0.2) is 17.6 Å².